The van der Waals surface area contributed by atoms with Crippen LogP contribution in [0.15, 0.2) is 58.8 Å². The van der Waals surface area contributed by atoms with Crippen LogP contribution < -0.4 is 4.90 Å². The van der Waals surface area contributed by atoms with Gasteiger partial charge in [0.2, 0.25) is 0 Å². The van der Waals surface area contributed by atoms with E-state index < -0.39 is 0 Å². The zero-order valence-corrected chi connectivity index (χ0v) is 15.3. The van der Waals surface area contributed by atoms with E-state index in [1.54, 1.807) is 16.2 Å². The SMILES string of the molecule is Cc1ccsc1/C=C1\SC(=S)N(c2cccc3ccccc23)C1=O. The Morgan fingerprint density at radius 2 is 1.88 bits per heavy atom. The van der Waals surface area contributed by atoms with Gasteiger partial charge in [-0.15, -0.1) is 11.3 Å². The summed E-state index contributed by atoms with van der Waals surface area (Å²) >= 11 is 8.50. The highest BCUT2D eigenvalue weighted by molar-refractivity contribution is 8.27. The van der Waals surface area contributed by atoms with E-state index in [2.05, 4.69) is 6.07 Å². The molecule has 1 aliphatic rings. The van der Waals surface area contributed by atoms with Gasteiger partial charge in [-0.05, 0) is 41.5 Å². The number of carbonyl (C=O) groups excluding carboxylic acids is 1. The van der Waals surface area contributed by atoms with Gasteiger partial charge in [0.15, 0.2) is 4.32 Å². The second kappa shape index (κ2) is 6.16. The van der Waals surface area contributed by atoms with Crippen molar-refractivity contribution in [2.75, 3.05) is 4.90 Å². The van der Waals surface area contributed by atoms with Gasteiger partial charge in [-0.3, -0.25) is 9.69 Å². The van der Waals surface area contributed by atoms with Crippen molar-refractivity contribution in [1.82, 2.24) is 0 Å². The molecule has 0 N–H and O–H groups in total. The van der Waals surface area contributed by atoms with Crippen molar-refractivity contribution in [3.05, 3.63) is 69.3 Å². The zero-order chi connectivity index (χ0) is 16.7. The summed E-state index contributed by atoms with van der Waals surface area (Å²) in [6, 6.07) is 16.1. The summed E-state index contributed by atoms with van der Waals surface area (Å²) in [5, 5.41) is 4.17. The maximum Gasteiger partial charge on any atom is 0.270 e. The highest BCUT2D eigenvalue weighted by Gasteiger charge is 2.34. The van der Waals surface area contributed by atoms with Crippen LogP contribution in [0.4, 0.5) is 5.69 Å². The minimum Gasteiger partial charge on any atom is -0.268 e. The lowest BCUT2D eigenvalue weighted by Gasteiger charge is -2.17. The molecule has 1 saturated heterocycles. The quantitative estimate of drug-likeness (QED) is 0.433. The van der Waals surface area contributed by atoms with Crippen molar-refractivity contribution in [1.29, 1.82) is 0 Å². The summed E-state index contributed by atoms with van der Waals surface area (Å²) < 4.78 is 0.580. The van der Waals surface area contributed by atoms with Crippen molar-refractivity contribution in [2.24, 2.45) is 0 Å². The Kier molecular flexibility index (Phi) is 4.00. The molecule has 4 rings (SSSR count). The molecule has 118 valence electrons. The van der Waals surface area contributed by atoms with Gasteiger partial charge in [0.25, 0.3) is 5.91 Å². The van der Waals surface area contributed by atoms with Crippen LogP contribution in [0.25, 0.3) is 16.8 Å². The molecule has 2 nitrogen and oxygen atoms in total. The van der Waals surface area contributed by atoms with E-state index in [0.717, 1.165) is 21.3 Å². The Morgan fingerprint density at radius 3 is 2.67 bits per heavy atom. The number of hydrogen-bond acceptors (Lipinski definition) is 4. The largest absolute Gasteiger partial charge is 0.270 e. The van der Waals surface area contributed by atoms with E-state index in [4.69, 9.17) is 12.2 Å². The lowest BCUT2D eigenvalue weighted by atomic mass is 10.1. The van der Waals surface area contributed by atoms with Gasteiger partial charge < -0.3 is 0 Å². The number of thiocarbonyl (C=S) groups is 1. The van der Waals surface area contributed by atoms with Crippen molar-refractivity contribution in [3.8, 4) is 0 Å². The van der Waals surface area contributed by atoms with Gasteiger partial charge in [-0.2, -0.15) is 0 Å². The van der Waals surface area contributed by atoms with Gasteiger partial charge >= 0.3 is 0 Å². The van der Waals surface area contributed by atoms with Crippen LogP contribution in [-0.2, 0) is 4.79 Å². The van der Waals surface area contributed by atoms with Gasteiger partial charge in [0.05, 0.1) is 10.6 Å². The van der Waals surface area contributed by atoms with Crippen molar-refractivity contribution < 1.29 is 4.79 Å². The lowest BCUT2D eigenvalue weighted by Crippen LogP contribution is -2.27. The third-order valence-corrected chi connectivity index (χ3v) is 6.23. The molecule has 1 amide bonds. The molecule has 3 aromatic rings. The Hall–Kier alpha value is -1.95. The minimum atomic E-state index is -0.0471. The molecule has 1 aromatic heterocycles. The summed E-state index contributed by atoms with van der Waals surface area (Å²) in [5.41, 5.74) is 2.03. The molecule has 0 atom stereocenters. The van der Waals surface area contributed by atoms with Crippen LogP contribution in [-0.4, -0.2) is 10.2 Å². The third-order valence-electron chi connectivity index (χ3n) is 3.97. The average Bonchev–Trinajstić information content (AvgIpc) is 3.11. The normalized spacial score (nSPS) is 16.5. The van der Waals surface area contributed by atoms with Crippen LogP contribution in [0.1, 0.15) is 10.4 Å². The van der Waals surface area contributed by atoms with Crippen LogP contribution in [0.3, 0.4) is 0 Å². The summed E-state index contributed by atoms with van der Waals surface area (Å²) in [4.78, 5) is 16.4. The Labute approximate surface area is 153 Å². The highest BCUT2D eigenvalue weighted by atomic mass is 32.2. The van der Waals surface area contributed by atoms with Gasteiger partial charge in [0, 0.05) is 10.3 Å². The second-order valence-corrected chi connectivity index (χ2v) is 8.11. The monoisotopic (exact) mass is 367 g/mol. The maximum atomic E-state index is 13.0. The average molecular weight is 368 g/mol. The third kappa shape index (κ3) is 2.59. The van der Waals surface area contributed by atoms with Crippen molar-refractivity contribution in [3.63, 3.8) is 0 Å². The number of hydrogen-bond donors (Lipinski definition) is 0. The Morgan fingerprint density at radius 1 is 1.08 bits per heavy atom. The van der Waals surface area contributed by atoms with Gasteiger partial charge in [-0.25, -0.2) is 0 Å². The number of rotatable bonds is 2. The van der Waals surface area contributed by atoms with Crippen molar-refractivity contribution in [2.45, 2.75) is 6.92 Å². The standard InChI is InChI=1S/C19H13NOS3/c1-12-9-10-23-16(12)11-17-18(21)20(19(22)24-17)15-8-4-6-13-5-2-3-7-14(13)15/h2-11H,1H3/b17-11-. The van der Waals surface area contributed by atoms with E-state index in [-0.39, 0.29) is 5.91 Å². The van der Waals surface area contributed by atoms with E-state index >= 15 is 0 Å². The molecule has 0 spiro atoms. The van der Waals surface area contributed by atoms with E-state index in [1.807, 2.05) is 60.8 Å². The molecule has 1 aliphatic heterocycles. The molecule has 0 radical (unpaired) electrons. The number of thiophene rings is 1. The molecule has 24 heavy (non-hydrogen) atoms. The Balaban J connectivity index is 1.79. The maximum absolute atomic E-state index is 13.0. The smallest absolute Gasteiger partial charge is 0.268 e. The van der Waals surface area contributed by atoms with E-state index in [0.29, 0.717) is 9.23 Å². The number of carbonyl (C=O) groups is 1. The van der Waals surface area contributed by atoms with Crippen molar-refractivity contribution >= 4 is 68.1 Å². The molecule has 1 fully saturated rings. The zero-order valence-electron chi connectivity index (χ0n) is 12.9. The molecular weight excluding hydrogens is 354 g/mol. The number of thioether (sulfide) groups is 1. The summed E-state index contributed by atoms with van der Waals surface area (Å²) in [7, 11) is 0. The van der Waals surface area contributed by atoms with Crippen LogP contribution in [0.5, 0.6) is 0 Å². The molecule has 2 heterocycles. The highest BCUT2D eigenvalue weighted by Crippen LogP contribution is 2.39. The molecule has 0 saturated carbocycles. The van der Waals surface area contributed by atoms with E-state index in [9.17, 15) is 4.79 Å². The minimum absolute atomic E-state index is 0.0471. The summed E-state index contributed by atoms with van der Waals surface area (Å²) in [5.74, 6) is -0.0471. The van der Waals surface area contributed by atoms with Crippen LogP contribution in [0, 0.1) is 6.92 Å². The molecule has 2 aromatic carbocycles. The number of anilines is 1. The van der Waals surface area contributed by atoms with Crippen LogP contribution >= 0.6 is 35.3 Å². The fourth-order valence-corrected chi connectivity index (χ4v) is 4.93. The topological polar surface area (TPSA) is 20.3 Å². The molecule has 0 unspecified atom stereocenters. The Bertz CT molecular complexity index is 997. The van der Waals surface area contributed by atoms with Gasteiger partial charge in [-0.1, -0.05) is 60.4 Å². The fraction of sp³-hybridized carbons (Fsp3) is 0.0526. The lowest BCUT2D eigenvalue weighted by molar-refractivity contribution is -0.113. The molecule has 5 heteroatoms. The summed E-state index contributed by atoms with van der Waals surface area (Å²) in [6.45, 7) is 2.05. The predicted octanol–water partition coefficient (Wildman–Crippen LogP) is 5.62. The molecule has 0 bridgehead atoms. The first-order valence-electron chi connectivity index (χ1n) is 7.45. The molecule has 0 aliphatic carbocycles. The molecular formula is C19H13NOS3. The fourth-order valence-electron chi connectivity index (χ4n) is 2.73. The first kappa shape index (κ1) is 15.6. The number of aryl methyl sites for hydroxylation is 1. The van der Waals surface area contributed by atoms with E-state index in [1.165, 1.54) is 17.3 Å². The first-order chi connectivity index (χ1) is 11.6. The number of nitrogens with zero attached hydrogens (tertiary/aromatic N) is 1. The number of amides is 1. The van der Waals surface area contributed by atoms with Crippen LogP contribution in [0.2, 0.25) is 0 Å². The predicted molar refractivity (Wildman–Crippen MR) is 109 cm³/mol. The van der Waals surface area contributed by atoms with Gasteiger partial charge in [0.1, 0.15) is 0 Å². The number of benzene rings is 2. The second-order valence-electron chi connectivity index (χ2n) is 5.48. The summed E-state index contributed by atoms with van der Waals surface area (Å²) in [6.07, 6.45) is 1.95. The number of fused-ring (bicyclic) bond motifs is 1. The first-order valence-corrected chi connectivity index (χ1v) is 9.55.